The molecular weight excluding hydrogens is 377 g/mol. The van der Waals surface area contributed by atoms with Gasteiger partial charge in [-0.25, -0.2) is 4.98 Å². The fourth-order valence-corrected chi connectivity index (χ4v) is 4.15. The van der Waals surface area contributed by atoms with Crippen LogP contribution in [0.5, 0.6) is 0 Å². The van der Waals surface area contributed by atoms with E-state index in [1.54, 1.807) is 0 Å². The number of pyridine rings is 1. The maximum atomic E-state index is 12.5. The maximum absolute atomic E-state index is 12.5. The highest BCUT2D eigenvalue weighted by Crippen LogP contribution is 2.27. The van der Waals surface area contributed by atoms with Gasteiger partial charge in [0.2, 0.25) is 0 Å². The van der Waals surface area contributed by atoms with Crippen molar-refractivity contribution in [1.82, 2.24) is 14.9 Å². The summed E-state index contributed by atoms with van der Waals surface area (Å²) in [7, 11) is 0. The van der Waals surface area contributed by atoms with Crippen molar-refractivity contribution >= 4 is 22.4 Å². The van der Waals surface area contributed by atoms with Crippen molar-refractivity contribution in [2.24, 2.45) is 11.8 Å². The number of halogens is 3. The summed E-state index contributed by atoms with van der Waals surface area (Å²) < 4.78 is 37.6. The molecule has 1 amide bonds. The zero-order valence-electron chi connectivity index (χ0n) is 15.1. The summed E-state index contributed by atoms with van der Waals surface area (Å²) in [4.78, 5) is 22.3. The zero-order valence-corrected chi connectivity index (χ0v) is 15.9. The van der Waals surface area contributed by atoms with Gasteiger partial charge in [0.25, 0.3) is 5.91 Å². The molecule has 3 heterocycles. The van der Waals surface area contributed by atoms with Crippen LogP contribution in [-0.2, 0) is 12.7 Å². The van der Waals surface area contributed by atoms with Gasteiger partial charge in [0.15, 0.2) is 5.13 Å². The Morgan fingerprint density at radius 1 is 1.30 bits per heavy atom. The highest BCUT2D eigenvalue weighted by atomic mass is 32.1. The van der Waals surface area contributed by atoms with Gasteiger partial charge in [0.1, 0.15) is 5.69 Å². The molecule has 9 heteroatoms. The van der Waals surface area contributed by atoms with E-state index < -0.39 is 17.8 Å². The van der Waals surface area contributed by atoms with Crippen molar-refractivity contribution in [3.8, 4) is 0 Å². The molecule has 2 atom stereocenters. The van der Waals surface area contributed by atoms with Gasteiger partial charge in [-0.2, -0.15) is 13.2 Å². The number of amides is 1. The number of hydrogen-bond acceptors (Lipinski definition) is 5. The van der Waals surface area contributed by atoms with Crippen LogP contribution in [0.3, 0.4) is 0 Å². The van der Waals surface area contributed by atoms with Gasteiger partial charge in [-0.1, -0.05) is 13.8 Å². The minimum Gasteiger partial charge on any atom is -0.298 e. The second-order valence-corrected chi connectivity index (χ2v) is 8.03. The number of aromatic nitrogens is 2. The molecule has 0 radical (unpaired) electrons. The standard InChI is InChI=1S/C18H21F3N4OS/c1-11-5-12(2)8-25(7-11)9-14-10-27-17(23-14)24-16(26)13-3-4-15(22-6-13)18(19,20)21/h3-4,6,10-12H,5,7-9H2,1-2H3,(H,23,24,26). The number of piperidine rings is 1. The first-order valence-electron chi connectivity index (χ1n) is 8.72. The van der Waals surface area contributed by atoms with Crippen molar-refractivity contribution in [1.29, 1.82) is 0 Å². The lowest BCUT2D eigenvalue weighted by Gasteiger charge is -2.34. The summed E-state index contributed by atoms with van der Waals surface area (Å²) in [5.41, 5.74) is -0.0962. The lowest BCUT2D eigenvalue weighted by atomic mass is 9.92. The number of carbonyl (C=O) groups is 1. The number of nitrogens with zero attached hydrogens (tertiary/aromatic N) is 3. The summed E-state index contributed by atoms with van der Waals surface area (Å²) in [5, 5.41) is 4.94. The lowest BCUT2D eigenvalue weighted by molar-refractivity contribution is -0.141. The molecule has 2 aromatic rings. The third-order valence-corrected chi connectivity index (χ3v) is 5.22. The quantitative estimate of drug-likeness (QED) is 0.835. The molecule has 0 spiro atoms. The third kappa shape index (κ3) is 5.26. The van der Waals surface area contributed by atoms with Crippen molar-refractivity contribution in [3.05, 3.63) is 40.7 Å². The van der Waals surface area contributed by atoms with E-state index in [1.807, 2.05) is 5.38 Å². The van der Waals surface area contributed by atoms with Crippen molar-refractivity contribution < 1.29 is 18.0 Å². The number of rotatable bonds is 4. The summed E-state index contributed by atoms with van der Waals surface area (Å²) in [6.07, 6.45) is -2.37. The number of nitrogens with one attached hydrogen (secondary N) is 1. The molecule has 1 fully saturated rings. The van der Waals surface area contributed by atoms with Gasteiger partial charge in [0, 0.05) is 31.2 Å². The van der Waals surface area contributed by atoms with Crippen molar-refractivity contribution in [2.45, 2.75) is 33.0 Å². The highest BCUT2D eigenvalue weighted by molar-refractivity contribution is 7.13. The minimum atomic E-state index is -4.53. The summed E-state index contributed by atoms with van der Waals surface area (Å²) in [6, 6.07) is 1.90. The predicted octanol–water partition coefficient (Wildman–Crippen LogP) is 4.29. The van der Waals surface area contributed by atoms with Crippen LogP contribution in [0.1, 0.15) is 42.0 Å². The monoisotopic (exact) mass is 398 g/mol. The lowest BCUT2D eigenvalue weighted by Crippen LogP contribution is -2.38. The number of thiazole rings is 1. The fourth-order valence-electron chi connectivity index (χ4n) is 3.45. The Kier molecular flexibility index (Phi) is 5.81. The second kappa shape index (κ2) is 7.93. The smallest absolute Gasteiger partial charge is 0.298 e. The number of likely N-dealkylation sites (tertiary alicyclic amines) is 1. The Morgan fingerprint density at radius 3 is 2.59 bits per heavy atom. The van der Waals surface area contributed by atoms with E-state index >= 15 is 0 Å². The van der Waals surface area contributed by atoms with Crippen molar-refractivity contribution in [3.63, 3.8) is 0 Å². The van der Waals surface area contributed by atoms with Gasteiger partial charge < -0.3 is 0 Å². The van der Waals surface area contributed by atoms with E-state index in [2.05, 4.69) is 34.0 Å². The van der Waals surface area contributed by atoms with Crippen LogP contribution in [0.4, 0.5) is 18.3 Å². The average Bonchev–Trinajstić information content (AvgIpc) is 3.00. The molecule has 0 aliphatic carbocycles. The van der Waals surface area contributed by atoms with E-state index in [9.17, 15) is 18.0 Å². The fraction of sp³-hybridized carbons (Fsp3) is 0.500. The van der Waals surface area contributed by atoms with E-state index in [0.29, 0.717) is 17.0 Å². The van der Waals surface area contributed by atoms with E-state index in [4.69, 9.17) is 0 Å². The molecule has 1 aliphatic rings. The second-order valence-electron chi connectivity index (χ2n) is 7.17. The molecular formula is C18H21F3N4OS. The first-order chi connectivity index (χ1) is 12.7. The zero-order chi connectivity index (χ0) is 19.6. The maximum Gasteiger partial charge on any atom is 0.433 e. The van der Waals surface area contributed by atoms with Crippen LogP contribution in [-0.4, -0.2) is 33.9 Å². The van der Waals surface area contributed by atoms with E-state index in [1.165, 1.54) is 17.8 Å². The number of hydrogen-bond donors (Lipinski definition) is 1. The van der Waals surface area contributed by atoms with E-state index in [0.717, 1.165) is 43.7 Å². The van der Waals surface area contributed by atoms with Gasteiger partial charge in [0.05, 0.1) is 11.3 Å². The van der Waals surface area contributed by atoms with Crippen LogP contribution in [0.15, 0.2) is 23.7 Å². The molecule has 1 N–H and O–H groups in total. The third-order valence-electron chi connectivity index (χ3n) is 4.42. The number of anilines is 1. The van der Waals surface area contributed by atoms with Gasteiger partial charge in [-0.15, -0.1) is 11.3 Å². The van der Waals surface area contributed by atoms with Gasteiger partial charge in [-0.3, -0.25) is 20.0 Å². The molecule has 0 bridgehead atoms. The molecule has 0 saturated carbocycles. The minimum absolute atomic E-state index is 0.0541. The first-order valence-corrected chi connectivity index (χ1v) is 9.60. The average molecular weight is 398 g/mol. The highest BCUT2D eigenvalue weighted by Gasteiger charge is 2.32. The van der Waals surface area contributed by atoms with Crippen molar-refractivity contribution in [2.75, 3.05) is 18.4 Å². The Balaban J connectivity index is 1.59. The number of carbonyl (C=O) groups excluding carboxylic acids is 1. The molecule has 27 heavy (non-hydrogen) atoms. The largest absolute Gasteiger partial charge is 0.433 e. The molecule has 2 aromatic heterocycles. The molecule has 3 rings (SSSR count). The molecule has 2 unspecified atom stereocenters. The van der Waals surface area contributed by atoms with Gasteiger partial charge >= 0.3 is 6.18 Å². The predicted molar refractivity (Wildman–Crippen MR) is 97.5 cm³/mol. The summed E-state index contributed by atoms with van der Waals surface area (Å²) in [6.45, 7) is 7.27. The van der Waals surface area contributed by atoms with E-state index in [-0.39, 0.29) is 5.56 Å². The Bertz CT molecular complexity index is 781. The topological polar surface area (TPSA) is 58.1 Å². The van der Waals surface area contributed by atoms with Crippen LogP contribution in [0.2, 0.25) is 0 Å². The summed E-state index contributed by atoms with van der Waals surface area (Å²) in [5.74, 6) is 0.773. The first kappa shape index (κ1) is 19.8. The Hall–Kier alpha value is -2.00. The normalized spacial score (nSPS) is 21.2. The van der Waals surface area contributed by atoms with Crippen LogP contribution in [0.25, 0.3) is 0 Å². The summed E-state index contributed by atoms with van der Waals surface area (Å²) >= 11 is 1.30. The molecule has 0 aromatic carbocycles. The van der Waals surface area contributed by atoms with Crippen LogP contribution >= 0.6 is 11.3 Å². The molecule has 146 valence electrons. The SMILES string of the molecule is CC1CC(C)CN(Cc2csc(NC(=O)c3ccc(C(F)(F)F)nc3)n2)C1. The molecule has 1 aliphatic heterocycles. The molecule has 5 nitrogen and oxygen atoms in total. The van der Waals surface area contributed by atoms with Crippen LogP contribution in [0, 0.1) is 11.8 Å². The number of alkyl halides is 3. The Morgan fingerprint density at radius 2 is 2.00 bits per heavy atom. The Labute approximate surface area is 159 Å². The molecule has 1 saturated heterocycles. The van der Waals surface area contributed by atoms with Crippen LogP contribution < -0.4 is 5.32 Å². The van der Waals surface area contributed by atoms with Gasteiger partial charge in [-0.05, 0) is 30.4 Å².